The zero-order valence-electron chi connectivity index (χ0n) is 11.2. The molecule has 0 aromatic heterocycles. The van der Waals surface area contributed by atoms with Gasteiger partial charge in [0.05, 0.1) is 24.3 Å². The van der Waals surface area contributed by atoms with Crippen molar-refractivity contribution in [3.63, 3.8) is 0 Å². The van der Waals surface area contributed by atoms with Gasteiger partial charge < -0.3 is 9.47 Å². The number of rotatable bonds is 3. The average Bonchev–Trinajstić information content (AvgIpc) is 2.49. The third-order valence-corrected chi connectivity index (χ3v) is 2.77. The molecule has 0 bridgehead atoms. The number of esters is 1. The Bertz CT molecular complexity index is 669. The van der Waals surface area contributed by atoms with Crippen LogP contribution in [0, 0.1) is 18.3 Å². The Balaban J connectivity index is 2.21. The molecule has 0 aliphatic rings. The van der Waals surface area contributed by atoms with Crippen LogP contribution >= 0.6 is 0 Å². The van der Waals surface area contributed by atoms with E-state index >= 15 is 0 Å². The fraction of sp³-hybridized carbons (Fsp3) is 0.125. The Hall–Kier alpha value is -2.80. The number of ether oxygens (including phenoxy) is 2. The normalized spacial score (nSPS) is 9.65. The van der Waals surface area contributed by atoms with Gasteiger partial charge in [-0.3, -0.25) is 0 Å². The number of carbonyl (C=O) groups excluding carboxylic acids is 1. The topological polar surface area (TPSA) is 59.3 Å². The molecule has 0 heterocycles. The standard InChI is InChI=1S/C16H13NO3/c1-11-3-8-14(15(9-11)19-2)20-16(18)13-6-4-12(10-17)5-7-13/h3-9H,1-2H3. The van der Waals surface area contributed by atoms with Gasteiger partial charge in [0.25, 0.3) is 0 Å². The van der Waals surface area contributed by atoms with Gasteiger partial charge in [0.15, 0.2) is 11.5 Å². The highest BCUT2D eigenvalue weighted by Gasteiger charge is 2.12. The van der Waals surface area contributed by atoms with Crippen molar-refractivity contribution < 1.29 is 14.3 Å². The van der Waals surface area contributed by atoms with Crippen molar-refractivity contribution in [1.82, 2.24) is 0 Å². The van der Waals surface area contributed by atoms with Crippen LogP contribution in [-0.2, 0) is 0 Å². The zero-order valence-corrected chi connectivity index (χ0v) is 11.2. The third kappa shape index (κ3) is 2.96. The van der Waals surface area contributed by atoms with Crippen molar-refractivity contribution in [2.75, 3.05) is 7.11 Å². The Morgan fingerprint density at radius 3 is 2.40 bits per heavy atom. The number of aryl methyl sites for hydroxylation is 1. The van der Waals surface area contributed by atoms with E-state index < -0.39 is 5.97 Å². The largest absolute Gasteiger partial charge is 0.493 e. The van der Waals surface area contributed by atoms with Crippen LogP contribution in [0.1, 0.15) is 21.5 Å². The summed E-state index contributed by atoms with van der Waals surface area (Å²) in [5, 5.41) is 8.71. The molecule has 4 heteroatoms. The molecule has 0 saturated carbocycles. The Kier molecular flexibility index (Phi) is 4.02. The van der Waals surface area contributed by atoms with E-state index in [-0.39, 0.29) is 0 Å². The molecule has 0 N–H and O–H groups in total. The molecule has 0 saturated heterocycles. The first-order chi connectivity index (χ1) is 9.63. The van der Waals surface area contributed by atoms with E-state index in [4.69, 9.17) is 14.7 Å². The maximum Gasteiger partial charge on any atom is 0.343 e. The predicted octanol–water partition coefficient (Wildman–Crippen LogP) is 3.09. The second kappa shape index (κ2) is 5.89. The molecule has 2 aromatic carbocycles. The highest BCUT2D eigenvalue weighted by Crippen LogP contribution is 2.28. The lowest BCUT2D eigenvalue weighted by Gasteiger charge is -2.09. The minimum absolute atomic E-state index is 0.368. The summed E-state index contributed by atoms with van der Waals surface area (Å²) in [6.45, 7) is 1.93. The molecular formula is C16H13NO3. The molecule has 2 aromatic rings. The van der Waals surface area contributed by atoms with Crippen LogP contribution in [0.2, 0.25) is 0 Å². The minimum Gasteiger partial charge on any atom is -0.493 e. The zero-order chi connectivity index (χ0) is 14.5. The maximum atomic E-state index is 12.0. The molecule has 0 aliphatic heterocycles. The molecule has 4 nitrogen and oxygen atoms in total. The lowest BCUT2D eigenvalue weighted by molar-refractivity contribution is 0.0729. The first kappa shape index (κ1) is 13.6. The van der Waals surface area contributed by atoms with Crippen molar-refractivity contribution in [3.8, 4) is 17.6 Å². The SMILES string of the molecule is COc1cc(C)ccc1OC(=O)c1ccc(C#N)cc1. The first-order valence-corrected chi connectivity index (χ1v) is 6.01. The van der Waals surface area contributed by atoms with Crippen LogP contribution in [-0.4, -0.2) is 13.1 Å². The van der Waals surface area contributed by atoms with E-state index in [0.29, 0.717) is 22.6 Å². The third-order valence-electron chi connectivity index (χ3n) is 2.77. The molecule has 20 heavy (non-hydrogen) atoms. The van der Waals surface area contributed by atoms with Crippen molar-refractivity contribution in [2.45, 2.75) is 6.92 Å². The monoisotopic (exact) mass is 267 g/mol. The highest BCUT2D eigenvalue weighted by molar-refractivity contribution is 5.91. The second-order valence-electron chi connectivity index (χ2n) is 4.23. The minimum atomic E-state index is -0.489. The van der Waals surface area contributed by atoms with Crippen molar-refractivity contribution in [1.29, 1.82) is 5.26 Å². The van der Waals surface area contributed by atoms with E-state index in [9.17, 15) is 4.79 Å². The summed E-state index contributed by atoms with van der Waals surface area (Å²) in [6.07, 6.45) is 0. The fourth-order valence-corrected chi connectivity index (χ4v) is 1.70. The van der Waals surface area contributed by atoms with Gasteiger partial charge in [0.1, 0.15) is 0 Å². The van der Waals surface area contributed by atoms with Gasteiger partial charge in [0, 0.05) is 0 Å². The smallest absolute Gasteiger partial charge is 0.343 e. The quantitative estimate of drug-likeness (QED) is 0.633. The van der Waals surface area contributed by atoms with Crippen molar-refractivity contribution in [2.24, 2.45) is 0 Å². The van der Waals surface area contributed by atoms with E-state index in [2.05, 4.69) is 0 Å². The van der Waals surface area contributed by atoms with E-state index in [1.165, 1.54) is 7.11 Å². The van der Waals surface area contributed by atoms with Gasteiger partial charge in [-0.15, -0.1) is 0 Å². The van der Waals surface area contributed by atoms with Crippen LogP contribution in [0.25, 0.3) is 0 Å². The summed E-state index contributed by atoms with van der Waals surface area (Å²) >= 11 is 0. The van der Waals surface area contributed by atoms with Gasteiger partial charge >= 0.3 is 5.97 Å². The van der Waals surface area contributed by atoms with Gasteiger partial charge in [-0.2, -0.15) is 5.26 Å². The molecule has 0 aliphatic carbocycles. The lowest BCUT2D eigenvalue weighted by atomic mass is 10.1. The maximum absolute atomic E-state index is 12.0. The lowest BCUT2D eigenvalue weighted by Crippen LogP contribution is -2.09. The first-order valence-electron chi connectivity index (χ1n) is 6.01. The average molecular weight is 267 g/mol. The molecule has 0 amide bonds. The van der Waals surface area contributed by atoms with Gasteiger partial charge in [-0.1, -0.05) is 6.07 Å². The Morgan fingerprint density at radius 1 is 1.10 bits per heavy atom. The Labute approximate surface area is 117 Å². The summed E-state index contributed by atoms with van der Waals surface area (Å²) in [6, 6.07) is 13.6. The summed E-state index contributed by atoms with van der Waals surface area (Å²) in [4.78, 5) is 12.0. The van der Waals surface area contributed by atoms with Crippen LogP contribution in [0.4, 0.5) is 0 Å². The van der Waals surface area contributed by atoms with Crippen molar-refractivity contribution >= 4 is 5.97 Å². The van der Waals surface area contributed by atoms with Crippen molar-refractivity contribution in [3.05, 3.63) is 59.2 Å². The molecule has 0 unspecified atom stereocenters. The summed E-state index contributed by atoms with van der Waals surface area (Å²) in [5.41, 5.74) is 1.89. The summed E-state index contributed by atoms with van der Waals surface area (Å²) in [5.74, 6) is 0.385. The molecule has 0 radical (unpaired) electrons. The van der Waals surface area contributed by atoms with E-state index in [1.54, 1.807) is 36.4 Å². The fourth-order valence-electron chi connectivity index (χ4n) is 1.70. The van der Waals surface area contributed by atoms with Gasteiger partial charge in [-0.05, 0) is 48.9 Å². The molecule has 100 valence electrons. The number of methoxy groups -OCH3 is 1. The summed E-state index contributed by atoms with van der Waals surface area (Å²) in [7, 11) is 1.52. The second-order valence-corrected chi connectivity index (χ2v) is 4.23. The number of hydrogen-bond donors (Lipinski definition) is 0. The highest BCUT2D eigenvalue weighted by atomic mass is 16.6. The number of hydrogen-bond acceptors (Lipinski definition) is 4. The molecular weight excluding hydrogens is 254 g/mol. The van der Waals surface area contributed by atoms with Crippen LogP contribution in [0.15, 0.2) is 42.5 Å². The molecule has 0 atom stereocenters. The van der Waals surface area contributed by atoms with Crippen LogP contribution in [0.5, 0.6) is 11.5 Å². The molecule has 0 fully saturated rings. The van der Waals surface area contributed by atoms with Crippen LogP contribution in [0.3, 0.4) is 0 Å². The van der Waals surface area contributed by atoms with E-state index in [0.717, 1.165) is 5.56 Å². The Morgan fingerprint density at radius 2 is 1.80 bits per heavy atom. The number of nitrogens with zero attached hydrogens (tertiary/aromatic N) is 1. The number of benzene rings is 2. The predicted molar refractivity (Wildman–Crippen MR) is 73.8 cm³/mol. The van der Waals surface area contributed by atoms with Crippen LogP contribution < -0.4 is 9.47 Å². The summed E-state index contributed by atoms with van der Waals surface area (Å²) < 4.78 is 10.5. The molecule has 2 rings (SSSR count). The van der Waals surface area contributed by atoms with Gasteiger partial charge in [0.2, 0.25) is 0 Å². The number of nitriles is 1. The van der Waals surface area contributed by atoms with Gasteiger partial charge in [-0.25, -0.2) is 4.79 Å². The van der Waals surface area contributed by atoms with E-state index in [1.807, 2.05) is 19.1 Å². The molecule has 0 spiro atoms. The number of carbonyl (C=O) groups is 1.